The Labute approximate surface area is 127 Å². The van der Waals surface area contributed by atoms with Gasteiger partial charge in [-0.3, -0.25) is 4.79 Å². The molecule has 1 saturated heterocycles. The van der Waals surface area contributed by atoms with Crippen molar-refractivity contribution in [1.29, 1.82) is 0 Å². The highest BCUT2D eigenvalue weighted by Gasteiger charge is 2.45. The third-order valence-electron chi connectivity index (χ3n) is 5.09. The molecule has 0 radical (unpaired) electrons. The van der Waals surface area contributed by atoms with Gasteiger partial charge in [-0.25, -0.2) is 0 Å². The standard InChI is InChI=1S/C18H26N2O/c1-14-6-5-7-16(12-14)18(8-3-4-9-18)17(21)20-11-10-19-15(2)13-20/h5-7,12,15,19H,3-4,8-11,13H2,1-2H3. The second-order valence-corrected chi connectivity index (χ2v) is 6.77. The van der Waals surface area contributed by atoms with Gasteiger partial charge in [0.15, 0.2) is 0 Å². The fourth-order valence-electron chi connectivity index (χ4n) is 3.97. The van der Waals surface area contributed by atoms with Crippen LogP contribution in [0.1, 0.15) is 43.7 Å². The number of amides is 1. The Morgan fingerprint density at radius 1 is 1.33 bits per heavy atom. The van der Waals surface area contributed by atoms with E-state index >= 15 is 0 Å². The van der Waals surface area contributed by atoms with Gasteiger partial charge in [0.2, 0.25) is 5.91 Å². The number of hydrogen-bond acceptors (Lipinski definition) is 2. The van der Waals surface area contributed by atoms with Gasteiger partial charge in [-0.15, -0.1) is 0 Å². The molecule has 1 heterocycles. The van der Waals surface area contributed by atoms with Crippen molar-refractivity contribution in [2.45, 2.75) is 51.0 Å². The van der Waals surface area contributed by atoms with Gasteiger partial charge in [-0.05, 0) is 32.3 Å². The molecule has 3 heteroatoms. The molecule has 2 aliphatic rings. The highest BCUT2D eigenvalue weighted by molar-refractivity contribution is 5.89. The molecule has 3 nitrogen and oxygen atoms in total. The second-order valence-electron chi connectivity index (χ2n) is 6.77. The monoisotopic (exact) mass is 286 g/mol. The Kier molecular flexibility index (Phi) is 4.03. The third-order valence-corrected chi connectivity index (χ3v) is 5.09. The van der Waals surface area contributed by atoms with Crippen LogP contribution in [0.4, 0.5) is 0 Å². The molecule has 21 heavy (non-hydrogen) atoms. The van der Waals surface area contributed by atoms with Crippen LogP contribution in [0.25, 0.3) is 0 Å². The van der Waals surface area contributed by atoms with Crippen LogP contribution in [0.3, 0.4) is 0 Å². The molecule has 114 valence electrons. The SMILES string of the molecule is Cc1cccc(C2(C(=O)N3CCNC(C)C3)CCCC2)c1. The molecule has 3 rings (SSSR count). The first-order valence-corrected chi connectivity index (χ1v) is 8.22. The van der Waals surface area contributed by atoms with Crippen LogP contribution in [0.2, 0.25) is 0 Å². The molecule has 1 aliphatic heterocycles. The lowest BCUT2D eigenvalue weighted by Gasteiger charge is -2.39. The average Bonchev–Trinajstić information content (AvgIpc) is 2.97. The van der Waals surface area contributed by atoms with Crippen LogP contribution in [-0.2, 0) is 10.2 Å². The number of nitrogens with one attached hydrogen (secondary N) is 1. The Balaban J connectivity index is 1.92. The molecular weight excluding hydrogens is 260 g/mol. The largest absolute Gasteiger partial charge is 0.339 e. The lowest BCUT2D eigenvalue weighted by Crippen LogP contribution is -2.56. The summed E-state index contributed by atoms with van der Waals surface area (Å²) in [6, 6.07) is 8.98. The van der Waals surface area contributed by atoms with Gasteiger partial charge < -0.3 is 10.2 Å². The molecule has 0 bridgehead atoms. The Morgan fingerprint density at radius 3 is 2.76 bits per heavy atom. The van der Waals surface area contributed by atoms with E-state index in [1.165, 1.54) is 24.0 Å². The highest BCUT2D eigenvalue weighted by Crippen LogP contribution is 2.43. The summed E-state index contributed by atoms with van der Waals surface area (Å²) in [5.74, 6) is 0.360. The van der Waals surface area contributed by atoms with Crippen molar-refractivity contribution < 1.29 is 4.79 Å². The van der Waals surface area contributed by atoms with Crippen LogP contribution in [0.5, 0.6) is 0 Å². The topological polar surface area (TPSA) is 32.3 Å². The Bertz CT molecular complexity index is 520. The zero-order valence-electron chi connectivity index (χ0n) is 13.2. The van der Waals surface area contributed by atoms with Crippen molar-refractivity contribution in [3.63, 3.8) is 0 Å². The summed E-state index contributed by atoms with van der Waals surface area (Å²) >= 11 is 0. The summed E-state index contributed by atoms with van der Waals surface area (Å²) in [5, 5.41) is 3.42. The molecule has 1 atom stereocenters. The first kappa shape index (κ1) is 14.6. The van der Waals surface area contributed by atoms with Crippen LogP contribution in [0, 0.1) is 6.92 Å². The minimum atomic E-state index is -0.261. The minimum absolute atomic E-state index is 0.261. The summed E-state index contributed by atoms with van der Waals surface area (Å²) in [6.07, 6.45) is 4.35. The van der Waals surface area contributed by atoms with E-state index in [0.29, 0.717) is 11.9 Å². The van der Waals surface area contributed by atoms with Gasteiger partial charge >= 0.3 is 0 Å². The van der Waals surface area contributed by atoms with E-state index in [1.54, 1.807) is 0 Å². The number of nitrogens with zero attached hydrogens (tertiary/aromatic N) is 1. The number of hydrogen-bond donors (Lipinski definition) is 1. The summed E-state index contributed by atoms with van der Waals surface area (Å²) in [5.41, 5.74) is 2.22. The van der Waals surface area contributed by atoms with E-state index in [2.05, 4.69) is 48.3 Å². The summed E-state index contributed by atoms with van der Waals surface area (Å²) in [6.45, 7) is 6.87. The minimum Gasteiger partial charge on any atom is -0.339 e. The number of piperazine rings is 1. The highest BCUT2D eigenvalue weighted by atomic mass is 16.2. The zero-order chi connectivity index (χ0) is 14.9. The molecule has 1 saturated carbocycles. The molecule has 1 unspecified atom stereocenters. The molecular formula is C18H26N2O. The average molecular weight is 286 g/mol. The van der Waals surface area contributed by atoms with E-state index in [1.807, 2.05) is 0 Å². The molecule has 1 aromatic rings. The van der Waals surface area contributed by atoms with Gasteiger partial charge in [-0.2, -0.15) is 0 Å². The van der Waals surface area contributed by atoms with Crippen LogP contribution in [-0.4, -0.2) is 36.5 Å². The maximum atomic E-state index is 13.3. The molecule has 1 amide bonds. The van der Waals surface area contributed by atoms with Gasteiger partial charge in [0.1, 0.15) is 0 Å². The molecule has 1 aliphatic carbocycles. The van der Waals surface area contributed by atoms with E-state index < -0.39 is 0 Å². The van der Waals surface area contributed by atoms with Crippen molar-refractivity contribution in [3.8, 4) is 0 Å². The predicted molar refractivity (Wildman–Crippen MR) is 85.4 cm³/mol. The smallest absolute Gasteiger partial charge is 0.233 e. The lowest BCUT2D eigenvalue weighted by molar-refractivity contribution is -0.138. The van der Waals surface area contributed by atoms with E-state index in [-0.39, 0.29) is 5.41 Å². The van der Waals surface area contributed by atoms with Gasteiger partial charge in [0.25, 0.3) is 0 Å². The number of rotatable bonds is 2. The van der Waals surface area contributed by atoms with Crippen LogP contribution >= 0.6 is 0 Å². The van der Waals surface area contributed by atoms with Crippen LogP contribution in [0.15, 0.2) is 24.3 Å². The summed E-state index contributed by atoms with van der Waals surface area (Å²) in [4.78, 5) is 15.4. The lowest BCUT2D eigenvalue weighted by atomic mass is 9.77. The summed E-state index contributed by atoms with van der Waals surface area (Å²) < 4.78 is 0. The molecule has 1 N–H and O–H groups in total. The molecule has 1 aromatic carbocycles. The summed E-state index contributed by atoms with van der Waals surface area (Å²) in [7, 11) is 0. The Morgan fingerprint density at radius 2 is 2.10 bits per heavy atom. The Hall–Kier alpha value is -1.35. The fraction of sp³-hybridized carbons (Fsp3) is 0.611. The number of aryl methyl sites for hydroxylation is 1. The van der Waals surface area contributed by atoms with Crippen molar-refractivity contribution in [1.82, 2.24) is 10.2 Å². The van der Waals surface area contributed by atoms with E-state index in [0.717, 1.165) is 32.5 Å². The van der Waals surface area contributed by atoms with Crippen molar-refractivity contribution >= 4 is 5.91 Å². The van der Waals surface area contributed by atoms with Crippen LogP contribution < -0.4 is 5.32 Å². The molecule has 0 spiro atoms. The van der Waals surface area contributed by atoms with Gasteiger partial charge in [-0.1, -0.05) is 42.7 Å². The van der Waals surface area contributed by atoms with Gasteiger partial charge in [0.05, 0.1) is 5.41 Å². The first-order valence-electron chi connectivity index (χ1n) is 8.22. The zero-order valence-corrected chi connectivity index (χ0v) is 13.2. The predicted octanol–water partition coefficient (Wildman–Crippen LogP) is 2.63. The first-order chi connectivity index (χ1) is 10.1. The second kappa shape index (κ2) is 5.80. The van der Waals surface area contributed by atoms with Crippen molar-refractivity contribution in [2.75, 3.05) is 19.6 Å². The maximum Gasteiger partial charge on any atom is 0.233 e. The normalized spacial score (nSPS) is 25.0. The van der Waals surface area contributed by atoms with Gasteiger partial charge in [0, 0.05) is 25.7 Å². The number of carbonyl (C=O) groups excluding carboxylic acids is 1. The number of carbonyl (C=O) groups is 1. The fourth-order valence-corrected chi connectivity index (χ4v) is 3.97. The number of benzene rings is 1. The maximum absolute atomic E-state index is 13.3. The van der Waals surface area contributed by atoms with Crippen molar-refractivity contribution in [3.05, 3.63) is 35.4 Å². The van der Waals surface area contributed by atoms with E-state index in [9.17, 15) is 4.79 Å². The molecule has 0 aromatic heterocycles. The van der Waals surface area contributed by atoms with Crippen molar-refractivity contribution in [2.24, 2.45) is 0 Å². The molecule has 2 fully saturated rings. The quantitative estimate of drug-likeness (QED) is 0.906. The third kappa shape index (κ3) is 2.71. The van der Waals surface area contributed by atoms with E-state index in [4.69, 9.17) is 0 Å².